The zero-order valence-electron chi connectivity index (χ0n) is 12.4. The van der Waals surface area contributed by atoms with Gasteiger partial charge in [0.1, 0.15) is 5.75 Å². The van der Waals surface area contributed by atoms with E-state index in [4.69, 9.17) is 4.74 Å². The largest absolute Gasteiger partial charge is 0.496 e. The number of nitrogens with one attached hydrogen (secondary N) is 1. The highest BCUT2D eigenvalue weighted by Crippen LogP contribution is 2.31. The Labute approximate surface area is 116 Å². The molecular weight excluding hydrogens is 236 g/mol. The van der Waals surface area contributed by atoms with Gasteiger partial charge >= 0.3 is 0 Å². The molecule has 2 rings (SSSR count). The predicted molar refractivity (Wildman–Crippen MR) is 79.7 cm³/mol. The van der Waals surface area contributed by atoms with Gasteiger partial charge in [-0.15, -0.1) is 0 Å². The van der Waals surface area contributed by atoms with Gasteiger partial charge in [-0.25, -0.2) is 0 Å². The molecule has 1 unspecified atom stereocenters. The molecule has 1 aromatic rings. The Kier molecular flexibility index (Phi) is 5.23. The molecule has 1 N–H and O–H groups in total. The van der Waals surface area contributed by atoms with Crippen molar-refractivity contribution >= 4 is 0 Å². The molecule has 1 aliphatic rings. The van der Waals surface area contributed by atoms with Crippen LogP contribution in [0.15, 0.2) is 24.3 Å². The summed E-state index contributed by atoms with van der Waals surface area (Å²) in [4.78, 5) is 2.62. The highest BCUT2D eigenvalue weighted by atomic mass is 16.5. The first-order chi connectivity index (χ1) is 9.30. The Bertz CT molecular complexity index is 390. The number of hydrogen-bond donors (Lipinski definition) is 1. The summed E-state index contributed by atoms with van der Waals surface area (Å²) in [7, 11) is 3.78. The van der Waals surface area contributed by atoms with Gasteiger partial charge < -0.3 is 10.1 Å². The second-order valence-corrected chi connectivity index (χ2v) is 5.31. The van der Waals surface area contributed by atoms with Crippen LogP contribution in [0, 0.1) is 0 Å². The summed E-state index contributed by atoms with van der Waals surface area (Å²) in [5, 5.41) is 3.44. The van der Waals surface area contributed by atoms with Crippen molar-refractivity contribution in [3.8, 4) is 5.75 Å². The van der Waals surface area contributed by atoms with Crippen molar-refractivity contribution in [3.05, 3.63) is 29.8 Å². The van der Waals surface area contributed by atoms with Crippen LogP contribution in [-0.2, 0) is 0 Å². The molecule has 0 radical (unpaired) electrons. The molecule has 0 spiro atoms. The lowest BCUT2D eigenvalue weighted by atomic mass is 10.0. The van der Waals surface area contributed by atoms with E-state index in [0.717, 1.165) is 18.3 Å². The molecule has 3 nitrogen and oxygen atoms in total. The number of nitrogens with zero attached hydrogens (tertiary/aromatic N) is 1. The first-order valence-corrected chi connectivity index (χ1v) is 7.34. The lowest BCUT2D eigenvalue weighted by Gasteiger charge is -2.28. The highest BCUT2D eigenvalue weighted by Gasteiger charge is 2.30. The molecule has 0 aromatic heterocycles. The molecule has 0 saturated heterocycles. The molecule has 1 atom stereocenters. The molecule has 0 bridgehead atoms. The van der Waals surface area contributed by atoms with Gasteiger partial charge in [0.25, 0.3) is 0 Å². The third-order valence-electron chi connectivity index (χ3n) is 3.85. The molecule has 1 saturated carbocycles. The van der Waals surface area contributed by atoms with Gasteiger partial charge in [0, 0.05) is 24.2 Å². The summed E-state index contributed by atoms with van der Waals surface area (Å²) in [5.74, 6) is 0.981. The van der Waals surface area contributed by atoms with Crippen LogP contribution < -0.4 is 10.1 Å². The Morgan fingerprint density at radius 3 is 2.68 bits per heavy atom. The molecule has 0 amide bonds. The minimum absolute atomic E-state index is 0.336. The van der Waals surface area contributed by atoms with E-state index in [1.165, 1.54) is 31.4 Å². The van der Waals surface area contributed by atoms with Crippen LogP contribution >= 0.6 is 0 Å². The van der Waals surface area contributed by atoms with Crippen LogP contribution in [0.2, 0.25) is 0 Å². The van der Waals surface area contributed by atoms with Crippen molar-refractivity contribution in [2.24, 2.45) is 0 Å². The topological polar surface area (TPSA) is 24.5 Å². The minimum atomic E-state index is 0.336. The van der Waals surface area contributed by atoms with E-state index < -0.39 is 0 Å². The van der Waals surface area contributed by atoms with Crippen LogP contribution in [0.25, 0.3) is 0 Å². The molecule has 1 fully saturated rings. The number of benzene rings is 1. The molecule has 106 valence electrons. The summed E-state index contributed by atoms with van der Waals surface area (Å²) >= 11 is 0. The zero-order valence-corrected chi connectivity index (χ0v) is 12.4. The first kappa shape index (κ1) is 14.4. The van der Waals surface area contributed by atoms with Crippen molar-refractivity contribution in [2.45, 2.75) is 38.3 Å². The fourth-order valence-electron chi connectivity index (χ4n) is 2.68. The molecule has 0 aliphatic heterocycles. The second kappa shape index (κ2) is 6.92. The quantitative estimate of drug-likeness (QED) is 0.779. The van der Waals surface area contributed by atoms with Gasteiger partial charge in [0.2, 0.25) is 0 Å². The fraction of sp³-hybridized carbons (Fsp3) is 0.625. The third-order valence-corrected chi connectivity index (χ3v) is 3.85. The van der Waals surface area contributed by atoms with E-state index >= 15 is 0 Å². The number of likely N-dealkylation sites (N-methyl/N-ethyl adjacent to an activating group) is 1. The summed E-state index contributed by atoms with van der Waals surface area (Å²) in [5.41, 5.74) is 1.26. The Hall–Kier alpha value is -1.06. The molecule has 0 heterocycles. The maximum absolute atomic E-state index is 5.49. The molecular formula is C16H26N2O. The average molecular weight is 262 g/mol. The van der Waals surface area contributed by atoms with Gasteiger partial charge in [-0.05, 0) is 38.9 Å². The summed E-state index contributed by atoms with van der Waals surface area (Å²) in [6.45, 7) is 4.51. The van der Waals surface area contributed by atoms with Crippen LogP contribution in [0.4, 0.5) is 0 Å². The molecule has 1 aromatic carbocycles. The van der Waals surface area contributed by atoms with Crippen LogP contribution in [0.5, 0.6) is 5.75 Å². The van der Waals surface area contributed by atoms with Gasteiger partial charge in [-0.1, -0.05) is 25.1 Å². The van der Waals surface area contributed by atoms with Crippen molar-refractivity contribution < 1.29 is 4.74 Å². The number of methoxy groups -OCH3 is 1. The fourth-order valence-corrected chi connectivity index (χ4v) is 2.68. The van der Waals surface area contributed by atoms with Crippen LogP contribution in [0.3, 0.4) is 0 Å². The lowest BCUT2D eigenvalue weighted by molar-refractivity contribution is 0.235. The van der Waals surface area contributed by atoms with Gasteiger partial charge in [-0.2, -0.15) is 0 Å². The van der Waals surface area contributed by atoms with Crippen molar-refractivity contribution in [1.29, 1.82) is 0 Å². The van der Waals surface area contributed by atoms with E-state index in [0.29, 0.717) is 6.04 Å². The standard InChI is InChI=1S/C16H26N2O/c1-4-11-18(13-9-10-13)12-15(17-2)14-7-5-6-8-16(14)19-3/h5-8,13,15,17H,4,9-12H2,1-3H3. The number of hydrogen-bond acceptors (Lipinski definition) is 3. The maximum Gasteiger partial charge on any atom is 0.123 e. The lowest BCUT2D eigenvalue weighted by Crippen LogP contribution is -2.36. The third kappa shape index (κ3) is 3.71. The second-order valence-electron chi connectivity index (χ2n) is 5.31. The van der Waals surface area contributed by atoms with Crippen LogP contribution in [0.1, 0.15) is 37.8 Å². The van der Waals surface area contributed by atoms with E-state index in [2.05, 4.69) is 29.3 Å². The minimum Gasteiger partial charge on any atom is -0.496 e. The summed E-state index contributed by atoms with van der Waals surface area (Å²) in [6.07, 6.45) is 3.95. The van der Waals surface area contributed by atoms with E-state index in [1.807, 2.05) is 19.2 Å². The number of para-hydroxylation sites is 1. The van der Waals surface area contributed by atoms with E-state index in [9.17, 15) is 0 Å². The Morgan fingerprint density at radius 1 is 1.37 bits per heavy atom. The molecule has 19 heavy (non-hydrogen) atoms. The highest BCUT2D eigenvalue weighted by molar-refractivity contribution is 5.36. The number of rotatable bonds is 8. The van der Waals surface area contributed by atoms with Gasteiger partial charge in [0.05, 0.1) is 7.11 Å². The van der Waals surface area contributed by atoms with E-state index in [-0.39, 0.29) is 0 Å². The molecule has 1 aliphatic carbocycles. The number of ether oxygens (including phenoxy) is 1. The monoisotopic (exact) mass is 262 g/mol. The normalized spacial score (nSPS) is 16.6. The van der Waals surface area contributed by atoms with Crippen molar-refractivity contribution in [1.82, 2.24) is 10.2 Å². The zero-order chi connectivity index (χ0) is 13.7. The van der Waals surface area contributed by atoms with Gasteiger partial charge in [-0.3, -0.25) is 4.90 Å². The molecule has 3 heteroatoms. The summed E-state index contributed by atoms with van der Waals surface area (Å²) < 4.78 is 5.49. The van der Waals surface area contributed by atoms with Crippen LogP contribution in [-0.4, -0.2) is 38.2 Å². The SMILES string of the molecule is CCCN(CC(NC)c1ccccc1OC)C1CC1. The van der Waals surface area contributed by atoms with E-state index in [1.54, 1.807) is 7.11 Å². The van der Waals surface area contributed by atoms with Crippen molar-refractivity contribution in [2.75, 3.05) is 27.2 Å². The summed E-state index contributed by atoms with van der Waals surface area (Å²) in [6, 6.07) is 9.47. The predicted octanol–water partition coefficient (Wildman–Crippen LogP) is 2.83. The maximum atomic E-state index is 5.49. The average Bonchev–Trinajstić information content (AvgIpc) is 3.28. The smallest absolute Gasteiger partial charge is 0.123 e. The van der Waals surface area contributed by atoms with Crippen molar-refractivity contribution in [3.63, 3.8) is 0 Å². The Balaban J connectivity index is 2.09. The van der Waals surface area contributed by atoms with Gasteiger partial charge in [0.15, 0.2) is 0 Å². The Morgan fingerprint density at radius 2 is 2.11 bits per heavy atom. The first-order valence-electron chi connectivity index (χ1n) is 7.34.